The Morgan fingerprint density at radius 3 is 2.81 bits per heavy atom. The van der Waals surface area contributed by atoms with Gasteiger partial charge >= 0.3 is 5.97 Å². The molecule has 5 heteroatoms. The van der Waals surface area contributed by atoms with Crippen LogP contribution < -0.4 is 4.74 Å². The van der Waals surface area contributed by atoms with Crippen molar-refractivity contribution in [3.8, 4) is 5.75 Å². The molecule has 0 aliphatic rings. The van der Waals surface area contributed by atoms with Gasteiger partial charge in [-0.1, -0.05) is 12.1 Å². The molecule has 2 aromatic rings. The third-order valence-corrected chi connectivity index (χ3v) is 4.28. The third kappa shape index (κ3) is 4.56. The van der Waals surface area contributed by atoms with Gasteiger partial charge in [-0.05, 0) is 50.8 Å². The van der Waals surface area contributed by atoms with Crippen molar-refractivity contribution < 1.29 is 14.6 Å². The lowest BCUT2D eigenvalue weighted by Crippen LogP contribution is -1.98. The van der Waals surface area contributed by atoms with Crippen molar-refractivity contribution in [2.24, 2.45) is 0 Å². The van der Waals surface area contributed by atoms with Crippen LogP contribution >= 0.6 is 11.3 Å². The summed E-state index contributed by atoms with van der Waals surface area (Å²) in [4.78, 5) is 15.6. The summed E-state index contributed by atoms with van der Waals surface area (Å²) < 4.78 is 5.68. The first-order chi connectivity index (χ1) is 10.1. The molecule has 1 aromatic heterocycles. The maximum Gasteiger partial charge on any atom is 0.347 e. The zero-order valence-corrected chi connectivity index (χ0v) is 13.1. The van der Waals surface area contributed by atoms with E-state index in [4.69, 9.17) is 9.84 Å². The molecule has 0 aliphatic carbocycles. The zero-order chi connectivity index (χ0) is 15.2. The summed E-state index contributed by atoms with van der Waals surface area (Å²) in [5, 5.41) is 9.88. The molecule has 0 saturated heterocycles. The molecular weight excluding hydrogens is 286 g/mol. The highest BCUT2D eigenvalue weighted by Crippen LogP contribution is 2.20. The number of aromatic carboxylic acids is 1. The van der Waals surface area contributed by atoms with Gasteiger partial charge in [-0.15, -0.1) is 11.3 Å². The van der Waals surface area contributed by atoms with Gasteiger partial charge in [-0.25, -0.2) is 9.78 Å². The number of benzene rings is 1. The SMILES string of the molecule is Cc1cccc(OCCCCc2nc(C)c(C(=O)O)s2)c1. The summed E-state index contributed by atoms with van der Waals surface area (Å²) in [6.07, 6.45) is 2.67. The van der Waals surface area contributed by atoms with Gasteiger partial charge in [-0.2, -0.15) is 0 Å². The van der Waals surface area contributed by atoms with Crippen molar-refractivity contribution in [1.29, 1.82) is 0 Å². The first-order valence-electron chi connectivity index (χ1n) is 6.95. The molecule has 2 rings (SSSR count). The van der Waals surface area contributed by atoms with E-state index in [1.807, 2.05) is 31.2 Å². The monoisotopic (exact) mass is 305 g/mol. The number of carboxylic acid groups (broad SMARTS) is 1. The van der Waals surface area contributed by atoms with Crippen LogP contribution in [-0.4, -0.2) is 22.7 Å². The van der Waals surface area contributed by atoms with Crippen LogP contribution in [0.5, 0.6) is 5.75 Å². The molecule has 0 unspecified atom stereocenters. The van der Waals surface area contributed by atoms with E-state index in [-0.39, 0.29) is 0 Å². The molecule has 0 amide bonds. The maximum absolute atomic E-state index is 10.9. The van der Waals surface area contributed by atoms with Crippen molar-refractivity contribution in [3.05, 3.63) is 45.4 Å². The zero-order valence-electron chi connectivity index (χ0n) is 12.3. The van der Waals surface area contributed by atoms with Crippen molar-refractivity contribution in [1.82, 2.24) is 4.98 Å². The lowest BCUT2D eigenvalue weighted by molar-refractivity contribution is 0.0701. The third-order valence-electron chi connectivity index (χ3n) is 3.08. The number of aromatic nitrogens is 1. The molecule has 0 bridgehead atoms. The summed E-state index contributed by atoms with van der Waals surface area (Å²) in [6, 6.07) is 7.99. The fourth-order valence-electron chi connectivity index (χ4n) is 2.03. The average molecular weight is 305 g/mol. The number of carboxylic acids is 1. The van der Waals surface area contributed by atoms with Crippen LogP contribution in [0.15, 0.2) is 24.3 Å². The fourth-order valence-corrected chi connectivity index (χ4v) is 2.98. The first-order valence-corrected chi connectivity index (χ1v) is 7.77. The van der Waals surface area contributed by atoms with Crippen molar-refractivity contribution in [2.45, 2.75) is 33.1 Å². The van der Waals surface area contributed by atoms with Crippen molar-refractivity contribution in [2.75, 3.05) is 6.61 Å². The quantitative estimate of drug-likeness (QED) is 0.789. The van der Waals surface area contributed by atoms with Gasteiger partial charge in [0, 0.05) is 0 Å². The Morgan fingerprint density at radius 2 is 2.14 bits per heavy atom. The molecule has 1 aromatic carbocycles. The number of aryl methyl sites for hydroxylation is 3. The average Bonchev–Trinajstić information content (AvgIpc) is 2.80. The van der Waals surface area contributed by atoms with Gasteiger partial charge in [0.1, 0.15) is 10.6 Å². The number of hydrogen-bond acceptors (Lipinski definition) is 4. The highest BCUT2D eigenvalue weighted by atomic mass is 32.1. The summed E-state index contributed by atoms with van der Waals surface area (Å²) in [6.45, 7) is 4.45. The van der Waals surface area contributed by atoms with E-state index in [1.165, 1.54) is 16.9 Å². The number of unbranched alkanes of at least 4 members (excludes halogenated alkanes) is 1. The van der Waals surface area contributed by atoms with Crippen molar-refractivity contribution >= 4 is 17.3 Å². The van der Waals surface area contributed by atoms with E-state index in [1.54, 1.807) is 6.92 Å². The standard InChI is InChI=1S/C16H19NO3S/c1-11-6-5-7-13(10-11)20-9-4-3-8-14-17-12(2)15(21-14)16(18)19/h5-7,10H,3-4,8-9H2,1-2H3,(H,18,19). The Morgan fingerprint density at radius 1 is 1.33 bits per heavy atom. The number of nitrogens with zero attached hydrogens (tertiary/aromatic N) is 1. The molecule has 0 spiro atoms. The summed E-state index contributed by atoms with van der Waals surface area (Å²) in [5.41, 5.74) is 1.80. The van der Waals surface area contributed by atoms with Crippen molar-refractivity contribution in [3.63, 3.8) is 0 Å². The maximum atomic E-state index is 10.9. The number of thiazole rings is 1. The Hall–Kier alpha value is -1.88. The molecule has 0 radical (unpaired) electrons. The van der Waals surface area contributed by atoms with Gasteiger partial charge in [0.05, 0.1) is 17.3 Å². The van der Waals surface area contributed by atoms with Gasteiger partial charge in [0.25, 0.3) is 0 Å². The molecule has 1 heterocycles. The minimum atomic E-state index is -0.890. The Labute approximate surface area is 128 Å². The molecule has 112 valence electrons. The molecule has 0 atom stereocenters. The normalized spacial score (nSPS) is 10.6. The van der Waals surface area contributed by atoms with E-state index in [9.17, 15) is 4.79 Å². The Kier molecular flexibility index (Phi) is 5.33. The summed E-state index contributed by atoms with van der Waals surface area (Å²) >= 11 is 1.27. The predicted molar refractivity (Wildman–Crippen MR) is 83.4 cm³/mol. The minimum absolute atomic E-state index is 0.348. The summed E-state index contributed by atoms with van der Waals surface area (Å²) in [5.74, 6) is 0.00675. The van der Waals surface area contributed by atoms with Crippen LogP contribution in [0.2, 0.25) is 0 Å². The number of hydrogen-bond donors (Lipinski definition) is 1. The van der Waals surface area contributed by atoms with E-state index in [0.717, 1.165) is 30.0 Å². The lowest BCUT2D eigenvalue weighted by Gasteiger charge is -2.06. The molecular formula is C16H19NO3S. The Balaban J connectivity index is 1.72. The van der Waals surface area contributed by atoms with E-state index in [0.29, 0.717) is 17.2 Å². The van der Waals surface area contributed by atoms with Crippen LogP contribution in [0.3, 0.4) is 0 Å². The topological polar surface area (TPSA) is 59.4 Å². The van der Waals surface area contributed by atoms with Gasteiger partial charge < -0.3 is 9.84 Å². The fraction of sp³-hybridized carbons (Fsp3) is 0.375. The predicted octanol–water partition coefficient (Wildman–Crippen LogP) is 3.86. The lowest BCUT2D eigenvalue weighted by atomic mass is 10.2. The van der Waals surface area contributed by atoms with Gasteiger partial charge in [0.15, 0.2) is 0 Å². The van der Waals surface area contributed by atoms with E-state index in [2.05, 4.69) is 4.98 Å². The first kappa shape index (κ1) is 15.5. The minimum Gasteiger partial charge on any atom is -0.494 e. The molecule has 1 N–H and O–H groups in total. The van der Waals surface area contributed by atoms with Crippen LogP contribution in [0.4, 0.5) is 0 Å². The van der Waals surface area contributed by atoms with Crippen LogP contribution in [0.1, 0.15) is 38.8 Å². The van der Waals surface area contributed by atoms with E-state index >= 15 is 0 Å². The number of carbonyl (C=O) groups is 1. The Bertz CT molecular complexity index is 622. The van der Waals surface area contributed by atoms with E-state index < -0.39 is 5.97 Å². The number of ether oxygens (including phenoxy) is 1. The largest absolute Gasteiger partial charge is 0.494 e. The van der Waals surface area contributed by atoms with Crippen LogP contribution in [0, 0.1) is 13.8 Å². The summed E-state index contributed by atoms with van der Waals surface area (Å²) in [7, 11) is 0. The second kappa shape index (κ2) is 7.22. The smallest absolute Gasteiger partial charge is 0.347 e. The molecule has 0 fully saturated rings. The molecule has 0 saturated carbocycles. The highest BCUT2D eigenvalue weighted by molar-refractivity contribution is 7.13. The molecule has 21 heavy (non-hydrogen) atoms. The van der Waals surface area contributed by atoms with Gasteiger partial charge in [-0.3, -0.25) is 0 Å². The number of rotatable bonds is 7. The van der Waals surface area contributed by atoms with Gasteiger partial charge in [0.2, 0.25) is 0 Å². The van der Waals surface area contributed by atoms with Crippen LogP contribution in [0.25, 0.3) is 0 Å². The second-order valence-corrected chi connectivity index (χ2v) is 6.03. The molecule has 4 nitrogen and oxygen atoms in total. The second-order valence-electron chi connectivity index (χ2n) is 4.95. The molecule has 0 aliphatic heterocycles. The van der Waals surface area contributed by atoms with Crippen LogP contribution in [-0.2, 0) is 6.42 Å². The highest BCUT2D eigenvalue weighted by Gasteiger charge is 2.13.